The summed E-state index contributed by atoms with van der Waals surface area (Å²) in [5.41, 5.74) is -0.00938. The first-order valence-corrected chi connectivity index (χ1v) is 7.37. The molecule has 0 aromatic carbocycles. The maximum atomic E-state index is 5.95. The Morgan fingerprint density at radius 3 is 2.35 bits per heavy atom. The van der Waals surface area contributed by atoms with Gasteiger partial charge in [-0.15, -0.1) is 0 Å². The second-order valence-electron chi connectivity index (χ2n) is 6.01. The number of rotatable bonds is 7. The third-order valence-corrected chi connectivity index (χ3v) is 3.41. The van der Waals surface area contributed by atoms with Gasteiger partial charge in [-0.05, 0) is 33.6 Å². The van der Waals surface area contributed by atoms with Crippen LogP contribution in [0.25, 0.3) is 0 Å². The Labute approximate surface area is 107 Å². The van der Waals surface area contributed by atoms with E-state index in [1.807, 2.05) is 0 Å². The number of unbranched alkanes of at least 4 members (excludes halogenated alkanes) is 5. The van der Waals surface area contributed by atoms with E-state index in [0.717, 1.165) is 12.8 Å². The molecule has 0 amide bonds. The molecule has 0 radical (unpaired) electrons. The molecule has 0 saturated carbocycles. The summed E-state index contributed by atoms with van der Waals surface area (Å²) in [5.74, 6) is 0. The topological polar surface area (TPSA) is 18.5 Å². The van der Waals surface area contributed by atoms with Crippen molar-refractivity contribution in [1.29, 1.82) is 0 Å². The molecule has 0 aromatic heterocycles. The van der Waals surface area contributed by atoms with Gasteiger partial charge in [0.05, 0.1) is 11.7 Å². The van der Waals surface area contributed by atoms with E-state index in [4.69, 9.17) is 9.47 Å². The average Bonchev–Trinajstić information content (AvgIpc) is 2.20. The van der Waals surface area contributed by atoms with Gasteiger partial charge in [0.15, 0.2) is 6.29 Å². The largest absolute Gasteiger partial charge is 0.350 e. The number of hydrogen-bond acceptors (Lipinski definition) is 2. The molecule has 1 saturated heterocycles. The SMILES string of the molecule is CCCCCCCC[C@@H]1O[C@H](C)CC(C)(C)O1. The summed E-state index contributed by atoms with van der Waals surface area (Å²) in [6, 6.07) is 0. The summed E-state index contributed by atoms with van der Waals surface area (Å²) in [4.78, 5) is 0. The van der Waals surface area contributed by atoms with Gasteiger partial charge in [0.1, 0.15) is 0 Å². The lowest BCUT2D eigenvalue weighted by atomic mass is 9.99. The van der Waals surface area contributed by atoms with E-state index in [0.29, 0.717) is 6.10 Å². The van der Waals surface area contributed by atoms with Crippen molar-refractivity contribution in [2.75, 3.05) is 0 Å². The summed E-state index contributed by atoms with van der Waals surface area (Å²) in [6.07, 6.45) is 10.4. The molecule has 0 aromatic rings. The molecule has 0 N–H and O–H groups in total. The van der Waals surface area contributed by atoms with Gasteiger partial charge >= 0.3 is 0 Å². The van der Waals surface area contributed by atoms with Crippen LogP contribution >= 0.6 is 0 Å². The van der Waals surface area contributed by atoms with Gasteiger partial charge in [-0.1, -0.05) is 39.0 Å². The molecule has 1 aliphatic heterocycles. The highest BCUT2D eigenvalue weighted by Gasteiger charge is 2.32. The van der Waals surface area contributed by atoms with Gasteiger partial charge in [0.2, 0.25) is 0 Å². The van der Waals surface area contributed by atoms with Crippen LogP contribution in [-0.4, -0.2) is 18.0 Å². The fourth-order valence-corrected chi connectivity index (χ4v) is 2.65. The van der Waals surface area contributed by atoms with Crippen LogP contribution in [0.4, 0.5) is 0 Å². The normalized spacial score (nSPS) is 28.2. The summed E-state index contributed by atoms with van der Waals surface area (Å²) in [7, 11) is 0. The second kappa shape index (κ2) is 7.38. The van der Waals surface area contributed by atoms with Crippen molar-refractivity contribution >= 4 is 0 Å². The van der Waals surface area contributed by atoms with Crippen LogP contribution in [0.15, 0.2) is 0 Å². The van der Waals surface area contributed by atoms with Crippen LogP contribution in [0.5, 0.6) is 0 Å². The van der Waals surface area contributed by atoms with E-state index in [-0.39, 0.29) is 11.9 Å². The highest BCUT2D eigenvalue weighted by Crippen LogP contribution is 2.29. The zero-order valence-electron chi connectivity index (χ0n) is 12.1. The Morgan fingerprint density at radius 1 is 1.06 bits per heavy atom. The summed E-state index contributed by atoms with van der Waals surface area (Å²) in [6.45, 7) is 8.74. The van der Waals surface area contributed by atoms with Crippen LogP contribution in [-0.2, 0) is 9.47 Å². The Balaban J connectivity index is 2.10. The van der Waals surface area contributed by atoms with Crippen molar-refractivity contribution in [1.82, 2.24) is 0 Å². The maximum absolute atomic E-state index is 5.95. The van der Waals surface area contributed by atoms with Crippen molar-refractivity contribution in [3.05, 3.63) is 0 Å². The molecule has 102 valence electrons. The van der Waals surface area contributed by atoms with Crippen LogP contribution in [0.2, 0.25) is 0 Å². The minimum absolute atomic E-state index is 0.00938. The predicted octanol–water partition coefficient (Wildman–Crippen LogP) is 4.67. The Kier molecular flexibility index (Phi) is 6.50. The Morgan fingerprint density at radius 2 is 1.71 bits per heavy atom. The minimum atomic E-state index is -0.00938. The van der Waals surface area contributed by atoms with Crippen LogP contribution in [0, 0.1) is 0 Å². The molecule has 2 nitrogen and oxygen atoms in total. The van der Waals surface area contributed by atoms with Crippen LogP contribution in [0.1, 0.15) is 79.1 Å². The van der Waals surface area contributed by atoms with E-state index < -0.39 is 0 Å². The first-order chi connectivity index (χ1) is 8.03. The van der Waals surface area contributed by atoms with E-state index in [1.54, 1.807) is 0 Å². The zero-order valence-corrected chi connectivity index (χ0v) is 12.1. The second-order valence-corrected chi connectivity index (χ2v) is 6.01. The molecular weight excluding hydrogens is 212 g/mol. The lowest BCUT2D eigenvalue weighted by molar-refractivity contribution is -0.270. The van der Waals surface area contributed by atoms with Crippen molar-refractivity contribution in [2.45, 2.75) is 97.1 Å². The fraction of sp³-hybridized carbons (Fsp3) is 1.00. The third-order valence-electron chi connectivity index (χ3n) is 3.41. The molecule has 1 heterocycles. The molecule has 2 heteroatoms. The molecule has 0 aliphatic carbocycles. The van der Waals surface area contributed by atoms with E-state index in [9.17, 15) is 0 Å². The van der Waals surface area contributed by atoms with Gasteiger partial charge in [0, 0.05) is 6.42 Å². The lowest BCUT2D eigenvalue weighted by Gasteiger charge is -2.39. The molecule has 17 heavy (non-hydrogen) atoms. The zero-order chi connectivity index (χ0) is 12.7. The quantitative estimate of drug-likeness (QED) is 0.604. The van der Waals surface area contributed by atoms with Gasteiger partial charge in [-0.25, -0.2) is 0 Å². The number of ether oxygens (including phenoxy) is 2. The minimum Gasteiger partial charge on any atom is -0.350 e. The molecule has 0 unspecified atom stereocenters. The third kappa shape index (κ3) is 6.42. The van der Waals surface area contributed by atoms with Gasteiger partial charge in [-0.3, -0.25) is 0 Å². The highest BCUT2D eigenvalue weighted by molar-refractivity contribution is 4.77. The molecule has 1 rings (SSSR count). The van der Waals surface area contributed by atoms with E-state index in [2.05, 4.69) is 27.7 Å². The molecule has 2 atom stereocenters. The highest BCUT2D eigenvalue weighted by atomic mass is 16.7. The summed E-state index contributed by atoms with van der Waals surface area (Å²) >= 11 is 0. The molecule has 1 fully saturated rings. The Hall–Kier alpha value is -0.0800. The Bertz CT molecular complexity index is 201. The molecular formula is C15H30O2. The maximum Gasteiger partial charge on any atom is 0.158 e. The first kappa shape index (κ1) is 15.0. The standard InChI is InChI=1S/C15H30O2/c1-5-6-7-8-9-10-11-14-16-13(2)12-15(3,4)17-14/h13-14H,5-12H2,1-4H3/t13-,14-/m1/s1. The fourth-order valence-electron chi connectivity index (χ4n) is 2.65. The average molecular weight is 242 g/mol. The van der Waals surface area contributed by atoms with Crippen molar-refractivity contribution < 1.29 is 9.47 Å². The van der Waals surface area contributed by atoms with Crippen LogP contribution in [0.3, 0.4) is 0 Å². The van der Waals surface area contributed by atoms with E-state index >= 15 is 0 Å². The summed E-state index contributed by atoms with van der Waals surface area (Å²) in [5, 5.41) is 0. The predicted molar refractivity (Wildman–Crippen MR) is 72.1 cm³/mol. The van der Waals surface area contributed by atoms with Gasteiger partial charge in [0.25, 0.3) is 0 Å². The lowest BCUT2D eigenvalue weighted by Crippen LogP contribution is -2.42. The van der Waals surface area contributed by atoms with E-state index in [1.165, 1.54) is 38.5 Å². The summed E-state index contributed by atoms with van der Waals surface area (Å²) < 4.78 is 11.8. The molecule has 0 bridgehead atoms. The molecule has 1 aliphatic rings. The van der Waals surface area contributed by atoms with Crippen LogP contribution < -0.4 is 0 Å². The monoisotopic (exact) mass is 242 g/mol. The first-order valence-electron chi connectivity index (χ1n) is 7.37. The molecule has 0 spiro atoms. The van der Waals surface area contributed by atoms with Crippen molar-refractivity contribution in [3.63, 3.8) is 0 Å². The number of hydrogen-bond donors (Lipinski definition) is 0. The van der Waals surface area contributed by atoms with Crippen molar-refractivity contribution in [2.24, 2.45) is 0 Å². The van der Waals surface area contributed by atoms with Gasteiger partial charge in [-0.2, -0.15) is 0 Å². The smallest absolute Gasteiger partial charge is 0.158 e. The van der Waals surface area contributed by atoms with Crippen molar-refractivity contribution in [3.8, 4) is 0 Å². The van der Waals surface area contributed by atoms with Gasteiger partial charge < -0.3 is 9.47 Å².